The number of hydrogen-bond donors (Lipinski definition) is 0. The van der Waals surface area contributed by atoms with Crippen LogP contribution >= 0.6 is 0 Å². The predicted octanol–water partition coefficient (Wildman–Crippen LogP) is 2.05. The summed E-state index contributed by atoms with van der Waals surface area (Å²) >= 11 is 0. The van der Waals surface area contributed by atoms with E-state index in [0.29, 0.717) is 30.2 Å². The molecule has 0 aliphatic rings. The Hall–Kier alpha value is -2.28. The first-order chi connectivity index (χ1) is 12.1. The molecule has 7 nitrogen and oxygen atoms in total. The zero-order valence-electron chi connectivity index (χ0n) is 16.8. The van der Waals surface area contributed by atoms with Gasteiger partial charge in [0, 0.05) is 18.7 Å². The van der Waals surface area contributed by atoms with Crippen LogP contribution in [0.3, 0.4) is 0 Å². The van der Waals surface area contributed by atoms with Crippen LogP contribution in [0.1, 0.15) is 31.1 Å². The maximum absolute atomic E-state index is 12.9. The lowest BCUT2D eigenvalue weighted by atomic mass is 10.1. The van der Waals surface area contributed by atoms with Gasteiger partial charge in [0.05, 0.1) is 14.2 Å². The number of methoxy groups -OCH3 is 2. The Morgan fingerprint density at radius 2 is 1.62 bits per heavy atom. The number of rotatable bonds is 8. The van der Waals surface area contributed by atoms with E-state index >= 15 is 0 Å². The molecular weight excluding hydrogens is 336 g/mol. The zero-order valence-corrected chi connectivity index (χ0v) is 16.8. The van der Waals surface area contributed by atoms with Gasteiger partial charge >= 0.3 is 5.97 Å². The zero-order chi connectivity index (χ0) is 19.9. The fraction of sp³-hybridized carbons (Fsp3) is 0.579. The molecule has 0 radical (unpaired) electrons. The monoisotopic (exact) mass is 366 g/mol. The van der Waals surface area contributed by atoms with Crippen LogP contribution in [0, 0.1) is 0 Å². The van der Waals surface area contributed by atoms with E-state index in [4.69, 9.17) is 14.2 Å². The summed E-state index contributed by atoms with van der Waals surface area (Å²) in [6.07, 6.45) is 0. The van der Waals surface area contributed by atoms with Gasteiger partial charge in [-0.15, -0.1) is 0 Å². The third-order valence-electron chi connectivity index (χ3n) is 3.47. The first-order valence-electron chi connectivity index (χ1n) is 8.45. The van der Waals surface area contributed by atoms with Gasteiger partial charge in [0.2, 0.25) is 0 Å². The van der Waals surface area contributed by atoms with E-state index in [1.807, 2.05) is 19.0 Å². The van der Waals surface area contributed by atoms with Gasteiger partial charge in [-0.3, -0.25) is 9.59 Å². The highest BCUT2D eigenvalue weighted by Crippen LogP contribution is 2.28. The quantitative estimate of drug-likeness (QED) is 0.656. The molecular formula is C19H30N2O5. The van der Waals surface area contributed by atoms with Crippen molar-refractivity contribution in [2.24, 2.45) is 0 Å². The summed E-state index contributed by atoms with van der Waals surface area (Å²) in [5.74, 6) is 0.294. The Morgan fingerprint density at radius 3 is 2.12 bits per heavy atom. The number of nitrogens with zero attached hydrogens (tertiary/aromatic N) is 2. The number of likely N-dealkylation sites (N-methyl/N-ethyl adjacent to an activating group) is 1. The van der Waals surface area contributed by atoms with Crippen LogP contribution in [0.25, 0.3) is 0 Å². The average molecular weight is 366 g/mol. The molecule has 0 saturated carbocycles. The Labute approximate surface area is 155 Å². The summed E-state index contributed by atoms with van der Waals surface area (Å²) in [5.41, 5.74) is -0.179. The highest BCUT2D eigenvalue weighted by atomic mass is 16.6. The molecule has 1 amide bonds. The average Bonchev–Trinajstić information content (AvgIpc) is 2.55. The minimum atomic E-state index is -0.601. The molecule has 1 aromatic rings. The molecule has 0 N–H and O–H groups in total. The Bertz CT molecular complexity index is 623. The Balaban J connectivity index is 3.01. The van der Waals surface area contributed by atoms with Crippen LogP contribution in [0.15, 0.2) is 18.2 Å². The molecule has 1 aromatic carbocycles. The van der Waals surface area contributed by atoms with Gasteiger partial charge in [-0.05, 0) is 53.1 Å². The molecule has 0 aliphatic carbocycles. The van der Waals surface area contributed by atoms with Crippen molar-refractivity contribution >= 4 is 11.9 Å². The molecule has 0 aromatic heterocycles. The summed E-state index contributed by atoms with van der Waals surface area (Å²) in [5, 5.41) is 0. The third-order valence-corrected chi connectivity index (χ3v) is 3.47. The minimum absolute atomic E-state index is 0.113. The van der Waals surface area contributed by atoms with Crippen molar-refractivity contribution in [1.29, 1.82) is 0 Å². The summed E-state index contributed by atoms with van der Waals surface area (Å²) in [4.78, 5) is 28.6. The Morgan fingerprint density at radius 1 is 1.00 bits per heavy atom. The van der Waals surface area contributed by atoms with Crippen LogP contribution in [0.2, 0.25) is 0 Å². The number of carbonyl (C=O) groups excluding carboxylic acids is 2. The lowest BCUT2D eigenvalue weighted by Gasteiger charge is -2.26. The standard InChI is InChI=1S/C19H30N2O5/c1-19(2,3)26-17(22)13-21(11-10-20(4)5)18(23)14-8-9-15(24-6)16(12-14)25-7/h8-9,12H,10-11,13H2,1-7H3. The smallest absolute Gasteiger partial charge is 0.326 e. The number of amides is 1. The second kappa shape index (κ2) is 9.43. The van der Waals surface area contributed by atoms with E-state index in [-0.39, 0.29) is 12.5 Å². The SMILES string of the molecule is COc1ccc(C(=O)N(CCN(C)C)CC(=O)OC(C)(C)C)cc1OC. The highest BCUT2D eigenvalue weighted by Gasteiger charge is 2.24. The summed E-state index contributed by atoms with van der Waals surface area (Å²) in [6, 6.07) is 4.93. The lowest BCUT2D eigenvalue weighted by molar-refractivity contribution is -0.155. The summed E-state index contributed by atoms with van der Waals surface area (Å²) < 4.78 is 15.8. The normalized spacial score (nSPS) is 11.2. The molecule has 0 unspecified atom stereocenters. The number of ether oxygens (including phenoxy) is 3. The maximum Gasteiger partial charge on any atom is 0.326 e. The molecule has 7 heteroatoms. The molecule has 146 valence electrons. The van der Waals surface area contributed by atoms with Gasteiger partial charge in [0.25, 0.3) is 5.91 Å². The largest absolute Gasteiger partial charge is 0.493 e. The van der Waals surface area contributed by atoms with Gasteiger partial charge in [0.15, 0.2) is 11.5 Å². The molecule has 0 saturated heterocycles. The van der Waals surface area contributed by atoms with Gasteiger partial charge in [-0.25, -0.2) is 0 Å². The minimum Gasteiger partial charge on any atom is -0.493 e. The van der Waals surface area contributed by atoms with E-state index in [1.54, 1.807) is 39.0 Å². The van der Waals surface area contributed by atoms with Crippen molar-refractivity contribution in [3.63, 3.8) is 0 Å². The summed E-state index contributed by atoms with van der Waals surface area (Å²) in [7, 11) is 6.86. The van der Waals surface area contributed by atoms with Crippen molar-refractivity contribution in [3.05, 3.63) is 23.8 Å². The second-order valence-electron chi connectivity index (χ2n) is 7.19. The number of hydrogen-bond acceptors (Lipinski definition) is 6. The fourth-order valence-electron chi connectivity index (χ4n) is 2.25. The van der Waals surface area contributed by atoms with Crippen molar-refractivity contribution in [2.75, 3.05) is 47.9 Å². The Kier molecular flexibility index (Phi) is 7.89. The topological polar surface area (TPSA) is 68.3 Å². The maximum atomic E-state index is 12.9. The van der Waals surface area contributed by atoms with Crippen LogP contribution in [0.5, 0.6) is 11.5 Å². The van der Waals surface area contributed by atoms with Crippen LogP contribution in [-0.2, 0) is 9.53 Å². The van der Waals surface area contributed by atoms with Crippen LogP contribution < -0.4 is 9.47 Å². The van der Waals surface area contributed by atoms with E-state index in [1.165, 1.54) is 19.1 Å². The molecule has 26 heavy (non-hydrogen) atoms. The molecule has 0 atom stereocenters. The van der Waals surface area contributed by atoms with E-state index < -0.39 is 11.6 Å². The number of esters is 1. The van der Waals surface area contributed by atoms with Gasteiger partial charge in [-0.1, -0.05) is 0 Å². The molecule has 0 heterocycles. The van der Waals surface area contributed by atoms with Crippen molar-refractivity contribution in [1.82, 2.24) is 9.80 Å². The molecule has 0 spiro atoms. The molecule has 0 fully saturated rings. The van der Waals surface area contributed by atoms with Crippen molar-refractivity contribution in [2.45, 2.75) is 26.4 Å². The summed E-state index contributed by atoms with van der Waals surface area (Å²) in [6.45, 7) is 6.31. The molecule has 1 rings (SSSR count). The number of benzene rings is 1. The fourth-order valence-corrected chi connectivity index (χ4v) is 2.25. The van der Waals surface area contributed by atoms with Crippen LogP contribution in [-0.4, -0.2) is 75.2 Å². The second-order valence-corrected chi connectivity index (χ2v) is 7.19. The molecule has 0 bridgehead atoms. The predicted molar refractivity (Wildman–Crippen MR) is 99.8 cm³/mol. The van der Waals surface area contributed by atoms with Crippen molar-refractivity contribution < 1.29 is 23.8 Å². The van der Waals surface area contributed by atoms with Crippen LogP contribution in [0.4, 0.5) is 0 Å². The van der Waals surface area contributed by atoms with Gasteiger partial charge < -0.3 is 24.0 Å². The van der Waals surface area contributed by atoms with Crippen molar-refractivity contribution in [3.8, 4) is 11.5 Å². The van der Waals surface area contributed by atoms with E-state index in [9.17, 15) is 9.59 Å². The third kappa shape index (κ3) is 6.92. The number of carbonyl (C=O) groups is 2. The van der Waals surface area contributed by atoms with E-state index in [2.05, 4.69) is 0 Å². The molecule has 0 aliphatic heterocycles. The van der Waals surface area contributed by atoms with E-state index in [0.717, 1.165) is 0 Å². The first-order valence-corrected chi connectivity index (χ1v) is 8.45. The lowest BCUT2D eigenvalue weighted by Crippen LogP contribution is -2.42. The highest BCUT2D eigenvalue weighted by molar-refractivity contribution is 5.96. The first kappa shape index (κ1) is 21.8. The van der Waals surface area contributed by atoms with Gasteiger partial charge in [0.1, 0.15) is 12.1 Å². The van der Waals surface area contributed by atoms with Gasteiger partial charge in [-0.2, -0.15) is 0 Å².